The van der Waals surface area contributed by atoms with Crippen LogP contribution in [0.15, 0.2) is 72.8 Å². The molecule has 2 aromatic carbocycles. The number of cyclic esters (lactones) is 1. The summed E-state index contributed by atoms with van der Waals surface area (Å²) < 4.78 is 12.4. The minimum absolute atomic E-state index is 0.0831. The third-order valence-electron chi connectivity index (χ3n) is 10.3. The molecule has 11 heteroatoms. The molecule has 48 heavy (non-hydrogen) atoms. The minimum Gasteiger partial charge on any atom is -0.463 e. The normalized spacial score (nSPS) is 31.0. The number of amides is 3. The Morgan fingerprint density at radius 2 is 1.83 bits per heavy atom. The largest absolute Gasteiger partial charge is 0.463 e. The Balaban J connectivity index is 1.49. The van der Waals surface area contributed by atoms with Crippen LogP contribution in [0, 0.1) is 24.7 Å². The number of anilines is 1. The number of nitrogens with zero attached hydrogens (tertiary/aromatic N) is 2. The number of carbonyl (C=O) groups excluding carboxylic acids is 4. The summed E-state index contributed by atoms with van der Waals surface area (Å²) >= 11 is 6.68. The van der Waals surface area contributed by atoms with Crippen molar-refractivity contribution < 1.29 is 33.8 Å². The zero-order valence-corrected chi connectivity index (χ0v) is 28.1. The van der Waals surface area contributed by atoms with Gasteiger partial charge in [0.25, 0.3) is 5.91 Å². The molecular formula is C37H42ClN3O7. The van der Waals surface area contributed by atoms with Crippen molar-refractivity contribution in [3.05, 3.63) is 89.0 Å². The van der Waals surface area contributed by atoms with Crippen LogP contribution in [0.4, 0.5) is 5.69 Å². The summed E-state index contributed by atoms with van der Waals surface area (Å²) in [5.74, 6) is -3.96. The Kier molecular flexibility index (Phi) is 9.79. The third-order valence-corrected chi connectivity index (χ3v) is 10.6. The van der Waals surface area contributed by atoms with Crippen molar-refractivity contribution >= 4 is 41.0 Å². The van der Waals surface area contributed by atoms with Crippen LogP contribution < -0.4 is 10.2 Å². The molecule has 2 N–H and O–H groups in total. The number of para-hydroxylation sites is 1. The minimum atomic E-state index is -1.52. The van der Waals surface area contributed by atoms with E-state index < -0.39 is 65.4 Å². The fourth-order valence-electron chi connectivity index (χ4n) is 7.71. The number of aliphatic hydroxyl groups excluding tert-OH is 1. The SMILES string of the molecule is CC[C@H](C)[C@H](CO)N1C(=O)[C@H]2[C@@H]3C(=O)N[C@@H](c4ccccc4)COC(=O)CC/C=C\[C@@H]3O[C@]23C=CCN(c2c(C)cccc2Cl)C(=O)[C@H]13. The Morgan fingerprint density at radius 1 is 1.06 bits per heavy atom. The molecule has 0 unspecified atom stereocenters. The molecule has 4 aliphatic heterocycles. The molecule has 2 aromatic rings. The maximum Gasteiger partial charge on any atom is 0.306 e. The van der Waals surface area contributed by atoms with Crippen molar-refractivity contribution in [3.8, 4) is 0 Å². The molecule has 0 aromatic heterocycles. The molecule has 4 heterocycles. The van der Waals surface area contributed by atoms with Gasteiger partial charge in [-0.2, -0.15) is 0 Å². The molecule has 6 rings (SSSR count). The second kappa shape index (κ2) is 13.9. The zero-order valence-electron chi connectivity index (χ0n) is 27.4. The second-order valence-corrected chi connectivity index (χ2v) is 13.5. The van der Waals surface area contributed by atoms with Crippen LogP contribution in [-0.2, 0) is 28.7 Å². The maximum atomic E-state index is 15.0. The smallest absolute Gasteiger partial charge is 0.306 e. The standard InChI is InChI=1S/C37H42ClN3O7/c1-4-22(2)27(20-42)41-33-36(46)40(32-23(3)12-10-15-25(32)38)19-11-18-37(33)31(35(41)45)30-28(48-37)16-8-9-17-29(43)47-21-26(39-34(30)44)24-13-6-5-7-14-24/h5-8,10-16,18,22,26-28,30-31,33,42H,4,9,17,19-21H2,1-3H3,(H,39,44)/b16-8-/t22-,26+,27-,28-,30+,31+,33-,37+/m0/s1. The summed E-state index contributed by atoms with van der Waals surface area (Å²) in [6, 6.07) is 12.0. The predicted octanol–water partition coefficient (Wildman–Crippen LogP) is 4.29. The molecule has 3 amide bonds. The van der Waals surface area contributed by atoms with Gasteiger partial charge in [-0.3, -0.25) is 19.2 Å². The molecule has 0 saturated carbocycles. The lowest BCUT2D eigenvalue weighted by Crippen LogP contribution is -2.59. The van der Waals surface area contributed by atoms with Crippen LogP contribution in [0.25, 0.3) is 0 Å². The van der Waals surface area contributed by atoms with Gasteiger partial charge in [0, 0.05) is 13.0 Å². The van der Waals surface area contributed by atoms with E-state index in [2.05, 4.69) is 5.32 Å². The highest BCUT2D eigenvalue weighted by Crippen LogP contribution is 2.54. The van der Waals surface area contributed by atoms with Crippen LogP contribution >= 0.6 is 11.6 Å². The van der Waals surface area contributed by atoms with Crippen molar-refractivity contribution in [2.75, 3.05) is 24.7 Å². The van der Waals surface area contributed by atoms with Gasteiger partial charge in [0.1, 0.15) is 18.2 Å². The van der Waals surface area contributed by atoms with Gasteiger partial charge >= 0.3 is 5.97 Å². The van der Waals surface area contributed by atoms with Crippen LogP contribution in [0.2, 0.25) is 5.02 Å². The van der Waals surface area contributed by atoms with E-state index in [9.17, 15) is 24.3 Å². The monoisotopic (exact) mass is 675 g/mol. The quantitative estimate of drug-likeness (QED) is 0.346. The first kappa shape index (κ1) is 33.9. The lowest BCUT2D eigenvalue weighted by atomic mass is 9.77. The topological polar surface area (TPSA) is 125 Å². The number of aliphatic hydroxyl groups is 1. The number of allylic oxidation sites excluding steroid dienone is 1. The van der Waals surface area contributed by atoms with Gasteiger partial charge in [0.05, 0.1) is 47.3 Å². The van der Waals surface area contributed by atoms with Gasteiger partial charge < -0.3 is 29.7 Å². The number of fused-ring (bicyclic) bond motifs is 2. The number of rotatable bonds is 6. The van der Waals surface area contributed by atoms with Crippen molar-refractivity contribution in [2.24, 2.45) is 17.8 Å². The number of benzene rings is 2. The molecule has 2 saturated heterocycles. The van der Waals surface area contributed by atoms with Crippen LogP contribution in [0.3, 0.4) is 0 Å². The Hall–Kier alpha value is -3.99. The van der Waals surface area contributed by atoms with E-state index in [-0.39, 0.29) is 32.1 Å². The van der Waals surface area contributed by atoms with E-state index in [0.717, 1.165) is 11.1 Å². The summed E-state index contributed by atoms with van der Waals surface area (Å²) in [6.45, 7) is 5.48. The predicted molar refractivity (Wildman–Crippen MR) is 180 cm³/mol. The number of hydrogen-bond acceptors (Lipinski definition) is 7. The third kappa shape index (κ3) is 5.84. The molecule has 0 bridgehead atoms. The van der Waals surface area contributed by atoms with Crippen LogP contribution in [0.5, 0.6) is 0 Å². The number of aryl methyl sites for hydroxylation is 1. The van der Waals surface area contributed by atoms with Gasteiger partial charge in [0.2, 0.25) is 11.8 Å². The molecule has 0 radical (unpaired) electrons. The number of ether oxygens (including phenoxy) is 2. The molecule has 254 valence electrons. The Labute approximate surface area is 285 Å². The van der Waals surface area contributed by atoms with Crippen molar-refractivity contribution in [1.29, 1.82) is 0 Å². The van der Waals surface area contributed by atoms with Gasteiger partial charge in [-0.15, -0.1) is 0 Å². The number of nitrogens with one attached hydrogen (secondary N) is 1. The first-order valence-corrected chi connectivity index (χ1v) is 17.0. The van der Waals surface area contributed by atoms with Crippen molar-refractivity contribution in [1.82, 2.24) is 10.2 Å². The highest BCUT2D eigenvalue weighted by Gasteiger charge is 2.72. The average Bonchev–Trinajstić information content (AvgIpc) is 3.47. The zero-order chi connectivity index (χ0) is 34.2. The van der Waals surface area contributed by atoms with Crippen LogP contribution in [-0.4, -0.2) is 77.2 Å². The van der Waals surface area contributed by atoms with Gasteiger partial charge in [-0.1, -0.05) is 98.6 Å². The molecule has 2 fully saturated rings. The molecule has 4 aliphatic rings. The van der Waals surface area contributed by atoms with Gasteiger partial charge in [-0.05, 0) is 36.5 Å². The number of hydrogen-bond donors (Lipinski definition) is 2. The van der Waals surface area contributed by atoms with Gasteiger partial charge in [0.15, 0.2) is 0 Å². The lowest BCUT2D eigenvalue weighted by Gasteiger charge is -2.40. The van der Waals surface area contributed by atoms with E-state index in [1.807, 2.05) is 63.2 Å². The molecule has 8 atom stereocenters. The number of halogens is 1. The fourth-order valence-corrected chi connectivity index (χ4v) is 8.04. The Bertz CT molecular complexity index is 1610. The average molecular weight is 676 g/mol. The number of likely N-dealkylation sites (tertiary alicyclic amines) is 1. The van der Waals surface area contributed by atoms with E-state index in [1.54, 1.807) is 35.3 Å². The van der Waals surface area contributed by atoms with E-state index in [0.29, 0.717) is 23.6 Å². The molecule has 0 aliphatic carbocycles. The molecule has 10 nitrogen and oxygen atoms in total. The van der Waals surface area contributed by atoms with E-state index in [4.69, 9.17) is 21.1 Å². The second-order valence-electron chi connectivity index (χ2n) is 13.1. The van der Waals surface area contributed by atoms with Crippen molar-refractivity contribution in [2.45, 2.75) is 69.9 Å². The van der Waals surface area contributed by atoms with Crippen molar-refractivity contribution in [3.63, 3.8) is 0 Å². The van der Waals surface area contributed by atoms with Gasteiger partial charge in [-0.25, -0.2) is 0 Å². The van der Waals surface area contributed by atoms with E-state index >= 15 is 0 Å². The summed E-state index contributed by atoms with van der Waals surface area (Å²) in [4.78, 5) is 59.9. The fraction of sp³-hybridized carbons (Fsp3) is 0.459. The number of carbonyl (C=O) groups is 4. The highest BCUT2D eigenvalue weighted by atomic mass is 35.5. The summed E-state index contributed by atoms with van der Waals surface area (Å²) in [7, 11) is 0. The lowest BCUT2D eigenvalue weighted by molar-refractivity contribution is -0.147. The summed E-state index contributed by atoms with van der Waals surface area (Å²) in [5, 5.41) is 14.2. The highest BCUT2D eigenvalue weighted by molar-refractivity contribution is 6.34. The first-order valence-electron chi connectivity index (χ1n) is 16.7. The Morgan fingerprint density at radius 3 is 2.54 bits per heavy atom. The van der Waals surface area contributed by atoms with Crippen LogP contribution in [0.1, 0.15) is 50.3 Å². The maximum absolute atomic E-state index is 15.0. The molecule has 1 spiro atoms. The first-order chi connectivity index (χ1) is 23.1. The summed E-state index contributed by atoms with van der Waals surface area (Å²) in [6.07, 6.45) is 7.29. The summed E-state index contributed by atoms with van der Waals surface area (Å²) in [5.41, 5.74) is 0.530. The van der Waals surface area contributed by atoms with E-state index in [1.165, 1.54) is 4.90 Å². The molecular weight excluding hydrogens is 634 g/mol. The number of esters is 1.